The van der Waals surface area contributed by atoms with E-state index in [0.29, 0.717) is 12.1 Å². The van der Waals surface area contributed by atoms with Gasteiger partial charge in [-0.05, 0) is 27.0 Å². The molecule has 1 saturated heterocycles. The molecule has 4 heteroatoms. The molecule has 0 spiro atoms. The quantitative estimate of drug-likeness (QED) is 0.737. The molecule has 84 valence electrons. The molecule has 2 unspecified atom stereocenters. The average Bonchev–Trinajstić information content (AvgIpc) is 2.45. The molecular weight excluding hydrogens is 188 g/mol. The lowest BCUT2D eigenvalue weighted by atomic mass is 10.1. The summed E-state index contributed by atoms with van der Waals surface area (Å²) in [4.78, 5) is 2.40. The van der Waals surface area contributed by atoms with Crippen molar-refractivity contribution in [3.63, 3.8) is 0 Å². The fraction of sp³-hybridized carbons (Fsp3) is 0.727. The molecular formula is C11H20N4. The van der Waals surface area contributed by atoms with E-state index in [2.05, 4.69) is 35.4 Å². The second-order valence-corrected chi connectivity index (χ2v) is 4.60. The van der Waals surface area contributed by atoms with Crippen LogP contribution in [0.4, 0.5) is 0 Å². The van der Waals surface area contributed by atoms with Gasteiger partial charge in [0.1, 0.15) is 0 Å². The maximum atomic E-state index is 4.40. The third kappa shape index (κ3) is 2.06. The Kier molecular flexibility index (Phi) is 2.80. The van der Waals surface area contributed by atoms with Gasteiger partial charge in [0, 0.05) is 26.2 Å². The van der Waals surface area contributed by atoms with Crippen molar-refractivity contribution in [1.29, 1.82) is 0 Å². The van der Waals surface area contributed by atoms with Crippen LogP contribution in [0.25, 0.3) is 0 Å². The Morgan fingerprint density at radius 2 is 2.20 bits per heavy atom. The summed E-state index contributed by atoms with van der Waals surface area (Å²) in [5, 5.41) is 7.92. The van der Waals surface area contributed by atoms with Crippen LogP contribution < -0.4 is 5.32 Å². The SMILES string of the molecule is Cc1cc(C2CNC(C)CN2C)n(C)n1. The second-order valence-electron chi connectivity index (χ2n) is 4.60. The van der Waals surface area contributed by atoms with Crippen LogP contribution in [0.15, 0.2) is 6.07 Å². The summed E-state index contributed by atoms with van der Waals surface area (Å²) in [6, 6.07) is 3.21. The summed E-state index contributed by atoms with van der Waals surface area (Å²) in [6.45, 7) is 6.37. The topological polar surface area (TPSA) is 33.1 Å². The molecule has 0 bridgehead atoms. The van der Waals surface area contributed by atoms with E-state index in [9.17, 15) is 0 Å². The maximum absolute atomic E-state index is 4.40. The highest BCUT2D eigenvalue weighted by Gasteiger charge is 2.26. The highest BCUT2D eigenvalue weighted by Crippen LogP contribution is 2.21. The Hall–Kier alpha value is -0.870. The van der Waals surface area contributed by atoms with E-state index < -0.39 is 0 Å². The van der Waals surface area contributed by atoms with Gasteiger partial charge in [-0.2, -0.15) is 5.10 Å². The largest absolute Gasteiger partial charge is 0.311 e. The van der Waals surface area contributed by atoms with E-state index in [-0.39, 0.29) is 0 Å². The van der Waals surface area contributed by atoms with Gasteiger partial charge in [-0.25, -0.2) is 0 Å². The Labute approximate surface area is 91.3 Å². The molecule has 1 N–H and O–H groups in total. The third-order valence-electron chi connectivity index (χ3n) is 3.13. The molecule has 0 saturated carbocycles. The van der Waals surface area contributed by atoms with Gasteiger partial charge in [-0.3, -0.25) is 9.58 Å². The fourth-order valence-corrected chi connectivity index (χ4v) is 2.37. The molecule has 15 heavy (non-hydrogen) atoms. The predicted octanol–water partition coefficient (Wildman–Crippen LogP) is 0.693. The van der Waals surface area contributed by atoms with Gasteiger partial charge in [-0.15, -0.1) is 0 Å². The highest BCUT2D eigenvalue weighted by molar-refractivity contribution is 5.14. The number of rotatable bonds is 1. The van der Waals surface area contributed by atoms with E-state index in [0.717, 1.165) is 18.8 Å². The van der Waals surface area contributed by atoms with Crippen LogP contribution in [0.2, 0.25) is 0 Å². The third-order valence-corrected chi connectivity index (χ3v) is 3.13. The number of hydrogen-bond acceptors (Lipinski definition) is 3. The number of aryl methyl sites for hydroxylation is 2. The van der Waals surface area contributed by atoms with Crippen molar-refractivity contribution >= 4 is 0 Å². The second kappa shape index (κ2) is 3.94. The van der Waals surface area contributed by atoms with Crippen molar-refractivity contribution in [2.75, 3.05) is 20.1 Å². The zero-order valence-electron chi connectivity index (χ0n) is 9.99. The molecule has 1 aromatic heterocycles. The van der Waals surface area contributed by atoms with Gasteiger partial charge >= 0.3 is 0 Å². The molecule has 0 aliphatic carbocycles. The van der Waals surface area contributed by atoms with Gasteiger partial charge in [0.2, 0.25) is 0 Å². The van der Waals surface area contributed by atoms with Crippen LogP contribution in [0.3, 0.4) is 0 Å². The molecule has 1 fully saturated rings. The van der Waals surface area contributed by atoms with E-state index in [4.69, 9.17) is 0 Å². The number of hydrogen-bond donors (Lipinski definition) is 1. The van der Waals surface area contributed by atoms with Gasteiger partial charge in [-0.1, -0.05) is 0 Å². The van der Waals surface area contributed by atoms with Crippen molar-refractivity contribution in [2.45, 2.75) is 25.9 Å². The van der Waals surface area contributed by atoms with Crippen molar-refractivity contribution in [3.05, 3.63) is 17.5 Å². The van der Waals surface area contributed by atoms with Crippen LogP contribution in [-0.2, 0) is 7.05 Å². The first kappa shape index (κ1) is 10.6. The fourth-order valence-electron chi connectivity index (χ4n) is 2.37. The summed E-state index contributed by atoms with van der Waals surface area (Å²) in [7, 11) is 4.21. The normalized spacial score (nSPS) is 28.3. The Morgan fingerprint density at radius 1 is 1.47 bits per heavy atom. The van der Waals surface area contributed by atoms with Crippen LogP contribution >= 0.6 is 0 Å². The predicted molar refractivity (Wildman–Crippen MR) is 60.8 cm³/mol. The lowest BCUT2D eigenvalue weighted by molar-refractivity contribution is 0.164. The van der Waals surface area contributed by atoms with E-state index in [1.807, 2.05) is 18.7 Å². The van der Waals surface area contributed by atoms with Crippen LogP contribution in [0.1, 0.15) is 24.4 Å². The molecule has 0 aromatic carbocycles. The van der Waals surface area contributed by atoms with Crippen LogP contribution in [-0.4, -0.2) is 40.9 Å². The molecule has 0 amide bonds. The van der Waals surface area contributed by atoms with Gasteiger partial charge in [0.25, 0.3) is 0 Å². The molecule has 1 aliphatic rings. The minimum absolute atomic E-state index is 0.451. The Balaban J connectivity index is 2.20. The molecule has 2 atom stereocenters. The van der Waals surface area contributed by atoms with E-state index in [1.54, 1.807) is 0 Å². The van der Waals surface area contributed by atoms with E-state index in [1.165, 1.54) is 5.69 Å². The first-order valence-electron chi connectivity index (χ1n) is 5.52. The molecule has 1 aromatic rings. The highest BCUT2D eigenvalue weighted by atomic mass is 15.3. The number of aromatic nitrogens is 2. The van der Waals surface area contributed by atoms with Gasteiger partial charge in [0.05, 0.1) is 17.4 Å². The summed E-state index contributed by atoms with van der Waals surface area (Å²) >= 11 is 0. The first-order valence-corrected chi connectivity index (χ1v) is 5.52. The lowest BCUT2D eigenvalue weighted by Crippen LogP contribution is -2.49. The first-order chi connectivity index (χ1) is 7.08. The maximum Gasteiger partial charge on any atom is 0.0641 e. The number of nitrogens with zero attached hydrogens (tertiary/aromatic N) is 3. The molecule has 2 rings (SSSR count). The molecule has 2 heterocycles. The number of nitrogens with one attached hydrogen (secondary N) is 1. The van der Waals surface area contributed by atoms with Gasteiger partial charge in [0.15, 0.2) is 0 Å². The molecule has 1 aliphatic heterocycles. The van der Waals surface area contributed by atoms with Crippen molar-refractivity contribution in [1.82, 2.24) is 20.0 Å². The zero-order valence-corrected chi connectivity index (χ0v) is 9.99. The van der Waals surface area contributed by atoms with Gasteiger partial charge < -0.3 is 5.32 Å². The summed E-state index contributed by atoms with van der Waals surface area (Å²) in [5.74, 6) is 0. The minimum atomic E-state index is 0.451. The van der Waals surface area contributed by atoms with Crippen molar-refractivity contribution in [3.8, 4) is 0 Å². The zero-order chi connectivity index (χ0) is 11.0. The number of likely N-dealkylation sites (N-methyl/N-ethyl adjacent to an activating group) is 1. The van der Waals surface area contributed by atoms with Crippen LogP contribution in [0.5, 0.6) is 0 Å². The Bertz CT molecular complexity index is 344. The molecule has 0 radical (unpaired) electrons. The van der Waals surface area contributed by atoms with Crippen molar-refractivity contribution < 1.29 is 0 Å². The molecule has 4 nitrogen and oxygen atoms in total. The summed E-state index contributed by atoms with van der Waals surface area (Å²) in [6.07, 6.45) is 0. The minimum Gasteiger partial charge on any atom is -0.311 e. The Morgan fingerprint density at radius 3 is 2.73 bits per heavy atom. The smallest absolute Gasteiger partial charge is 0.0641 e. The van der Waals surface area contributed by atoms with Crippen molar-refractivity contribution in [2.24, 2.45) is 7.05 Å². The van der Waals surface area contributed by atoms with E-state index >= 15 is 0 Å². The average molecular weight is 208 g/mol. The summed E-state index contributed by atoms with van der Waals surface area (Å²) in [5.41, 5.74) is 2.40. The standard InChI is InChI=1S/C11H20N4/c1-8-5-10(15(4)13-8)11-6-12-9(2)7-14(11)3/h5,9,11-12H,6-7H2,1-4H3. The van der Waals surface area contributed by atoms with Crippen LogP contribution in [0, 0.1) is 6.92 Å². The number of piperazine rings is 1. The lowest BCUT2D eigenvalue weighted by Gasteiger charge is -2.36. The summed E-state index contributed by atoms with van der Waals surface area (Å²) < 4.78 is 1.99. The monoisotopic (exact) mass is 208 g/mol.